The van der Waals surface area contributed by atoms with Crippen molar-refractivity contribution in [2.45, 2.75) is 39.7 Å². The van der Waals surface area contributed by atoms with E-state index >= 15 is 0 Å². The van der Waals surface area contributed by atoms with Crippen LogP contribution in [0.25, 0.3) is 0 Å². The first-order chi connectivity index (χ1) is 12.0. The van der Waals surface area contributed by atoms with Crippen molar-refractivity contribution in [1.29, 1.82) is 0 Å². The molecule has 3 rings (SSSR count). The van der Waals surface area contributed by atoms with Crippen LogP contribution in [0.2, 0.25) is 0 Å². The monoisotopic (exact) mass is 343 g/mol. The lowest BCUT2D eigenvalue weighted by Gasteiger charge is -2.27. The average Bonchev–Trinajstić information content (AvgIpc) is 2.95. The van der Waals surface area contributed by atoms with Gasteiger partial charge in [0.2, 0.25) is 0 Å². The van der Waals surface area contributed by atoms with Crippen LogP contribution in [0.15, 0.2) is 22.9 Å². The summed E-state index contributed by atoms with van der Waals surface area (Å²) in [5, 5.41) is 6.80. The van der Waals surface area contributed by atoms with Crippen LogP contribution in [0.1, 0.15) is 36.3 Å². The van der Waals surface area contributed by atoms with Crippen LogP contribution in [0.3, 0.4) is 0 Å². The van der Waals surface area contributed by atoms with Gasteiger partial charge in [-0.2, -0.15) is 0 Å². The predicted molar refractivity (Wildman–Crippen MR) is 96.8 cm³/mol. The zero-order chi connectivity index (χ0) is 17.8. The first-order valence-electron chi connectivity index (χ1n) is 8.69. The first-order valence-corrected chi connectivity index (χ1v) is 8.69. The smallest absolute Gasteiger partial charge is 0.321 e. The van der Waals surface area contributed by atoms with Gasteiger partial charge in [0.1, 0.15) is 11.6 Å². The minimum Gasteiger partial charge on any atom is -0.361 e. The Kier molecular flexibility index (Phi) is 5.21. The molecule has 0 atom stereocenters. The lowest BCUT2D eigenvalue weighted by molar-refractivity contribution is 0.220. The summed E-state index contributed by atoms with van der Waals surface area (Å²) >= 11 is 0. The topological polar surface area (TPSA) is 74.5 Å². The van der Waals surface area contributed by atoms with Crippen LogP contribution in [0.5, 0.6) is 0 Å². The summed E-state index contributed by atoms with van der Waals surface area (Å²) < 4.78 is 5.14. The molecule has 0 bridgehead atoms. The maximum absolute atomic E-state index is 12.4. The second-order valence-electron chi connectivity index (χ2n) is 6.54. The van der Waals surface area contributed by atoms with Gasteiger partial charge in [0.25, 0.3) is 0 Å². The molecule has 0 aromatic carbocycles. The number of piperidine rings is 1. The number of aryl methyl sites for hydroxylation is 2. The fourth-order valence-electron chi connectivity index (χ4n) is 3.03. The van der Waals surface area contributed by atoms with Crippen LogP contribution in [0, 0.1) is 13.8 Å². The summed E-state index contributed by atoms with van der Waals surface area (Å²) in [5.41, 5.74) is 2.44. The molecule has 25 heavy (non-hydrogen) atoms. The van der Waals surface area contributed by atoms with Crippen molar-refractivity contribution in [1.82, 2.24) is 15.0 Å². The highest BCUT2D eigenvalue weighted by Gasteiger charge is 2.16. The standard InChI is InChI=1S/C18H25N5O2/c1-13-16(14(2)25-21-13)12-22(3)18(24)20-15-7-8-17(19-11-15)23-9-5-4-6-10-23/h7-8,11H,4-6,9-10,12H2,1-3H3,(H,20,24). The lowest BCUT2D eigenvalue weighted by Crippen LogP contribution is -2.31. The van der Waals surface area contributed by atoms with Crippen LogP contribution < -0.4 is 10.2 Å². The summed E-state index contributed by atoms with van der Waals surface area (Å²) in [6.45, 7) is 6.29. The maximum Gasteiger partial charge on any atom is 0.321 e. The van der Waals surface area contributed by atoms with Gasteiger partial charge in [0.05, 0.1) is 24.1 Å². The van der Waals surface area contributed by atoms with Crippen LogP contribution in [0.4, 0.5) is 16.3 Å². The molecule has 134 valence electrons. The number of amides is 2. The second-order valence-corrected chi connectivity index (χ2v) is 6.54. The van der Waals surface area contributed by atoms with E-state index in [0.717, 1.165) is 35.9 Å². The van der Waals surface area contributed by atoms with Crippen molar-refractivity contribution in [2.24, 2.45) is 0 Å². The van der Waals surface area contributed by atoms with E-state index in [2.05, 4.69) is 20.4 Å². The normalized spacial score (nSPS) is 14.4. The molecule has 1 N–H and O–H groups in total. The largest absolute Gasteiger partial charge is 0.361 e. The van der Waals surface area contributed by atoms with E-state index in [1.165, 1.54) is 19.3 Å². The zero-order valence-corrected chi connectivity index (χ0v) is 15.1. The summed E-state index contributed by atoms with van der Waals surface area (Å²) in [6, 6.07) is 3.68. The van der Waals surface area contributed by atoms with Crippen molar-refractivity contribution in [2.75, 3.05) is 30.4 Å². The second kappa shape index (κ2) is 7.55. The van der Waals surface area contributed by atoms with Crippen molar-refractivity contribution in [3.63, 3.8) is 0 Å². The molecule has 3 heterocycles. The van der Waals surface area contributed by atoms with Crippen molar-refractivity contribution in [3.05, 3.63) is 35.3 Å². The number of carbonyl (C=O) groups is 1. The number of rotatable bonds is 4. The van der Waals surface area contributed by atoms with Gasteiger partial charge in [-0.05, 0) is 45.2 Å². The molecular formula is C18H25N5O2. The van der Waals surface area contributed by atoms with E-state index in [0.29, 0.717) is 12.2 Å². The van der Waals surface area contributed by atoms with E-state index < -0.39 is 0 Å². The van der Waals surface area contributed by atoms with Gasteiger partial charge in [-0.3, -0.25) is 0 Å². The van der Waals surface area contributed by atoms with Gasteiger partial charge in [-0.15, -0.1) is 0 Å². The third kappa shape index (κ3) is 4.10. The lowest BCUT2D eigenvalue weighted by atomic mass is 10.1. The average molecular weight is 343 g/mol. The number of nitrogens with zero attached hydrogens (tertiary/aromatic N) is 4. The summed E-state index contributed by atoms with van der Waals surface area (Å²) in [4.78, 5) is 20.8. The Hall–Kier alpha value is -2.57. The van der Waals surface area contributed by atoms with Gasteiger partial charge in [0, 0.05) is 25.7 Å². The molecule has 0 saturated carbocycles. The predicted octanol–water partition coefficient (Wildman–Crippen LogP) is 3.34. The Morgan fingerprint density at radius 3 is 2.64 bits per heavy atom. The zero-order valence-electron chi connectivity index (χ0n) is 15.1. The summed E-state index contributed by atoms with van der Waals surface area (Å²) in [5.74, 6) is 1.71. The van der Waals surface area contributed by atoms with Gasteiger partial charge in [-0.1, -0.05) is 5.16 Å². The number of hydrogen-bond donors (Lipinski definition) is 1. The highest BCUT2D eigenvalue weighted by Crippen LogP contribution is 2.19. The highest BCUT2D eigenvalue weighted by atomic mass is 16.5. The Labute approximate surface area is 148 Å². The number of carbonyl (C=O) groups excluding carboxylic acids is 1. The Morgan fingerprint density at radius 2 is 2.04 bits per heavy atom. The fourth-order valence-corrected chi connectivity index (χ4v) is 3.03. The number of hydrogen-bond acceptors (Lipinski definition) is 5. The quantitative estimate of drug-likeness (QED) is 0.921. The van der Waals surface area contributed by atoms with E-state index in [1.54, 1.807) is 18.1 Å². The molecular weight excluding hydrogens is 318 g/mol. The SMILES string of the molecule is Cc1noc(C)c1CN(C)C(=O)Nc1ccc(N2CCCCC2)nc1. The van der Waals surface area contributed by atoms with Crippen molar-refractivity contribution in [3.8, 4) is 0 Å². The van der Waals surface area contributed by atoms with E-state index in [4.69, 9.17) is 4.52 Å². The summed E-state index contributed by atoms with van der Waals surface area (Å²) in [7, 11) is 1.75. The number of urea groups is 1. The van der Waals surface area contributed by atoms with Gasteiger partial charge in [0.15, 0.2) is 0 Å². The Balaban J connectivity index is 1.58. The third-order valence-electron chi connectivity index (χ3n) is 4.60. The minimum atomic E-state index is -0.187. The number of aromatic nitrogens is 2. The maximum atomic E-state index is 12.4. The highest BCUT2D eigenvalue weighted by molar-refractivity contribution is 5.89. The molecule has 2 aromatic rings. The van der Waals surface area contributed by atoms with Gasteiger partial charge < -0.3 is 19.6 Å². The summed E-state index contributed by atoms with van der Waals surface area (Å²) in [6.07, 6.45) is 5.44. The van der Waals surface area contributed by atoms with Crippen molar-refractivity contribution < 1.29 is 9.32 Å². The van der Waals surface area contributed by atoms with E-state index in [9.17, 15) is 4.79 Å². The van der Waals surface area contributed by atoms with Crippen LogP contribution >= 0.6 is 0 Å². The first kappa shape index (κ1) is 17.3. The molecule has 1 aliphatic heterocycles. The van der Waals surface area contributed by atoms with Crippen molar-refractivity contribution >= 4 is 17.5 Å². The van der Waals surface area contributed by atoms with E-state index in [1.807, 2.05) is 26.0 Å². The molecule has 2 aromatic heterocycles. The van der Waals surface area contributed by atoms with E-state index in [-0.39, 0.29) is 6.03 Å². The molecule has 1 fully saturated rings. The fraction of sp³-hybridized carbons (Fsp3) is 0.500. The Bertz CT molecular complexity index is 700. The number of anilines is 2. The van der Waals surface area contributed by atoms with Gasteiger partial charge in [-0.25, -0.2) is 9.78 Å². The number of nitrogens with one attached hydrogen (secondary N) is 1. The molecule has 7 nitrogen and oxygen atoms in total. The minimum absolute atomic E-state index is 0.187. The molecule has 7 heteroatoms. The van der Waals surface area contributed by atoms with Crippen LogP contribution in [-0.4, -0.2) is 41.2 Å². The van der Waals surface area contributed by atoms with Gasteiger partial charge >= 0.3 is 6.03 Å². The number of pyridine rings is 1. The third-order valence-corrected chi connectivity index (χ3v) is 4.60. The molecule has 2 amide bonds. The van der Waals surface area contributed by atoms with Crippen LogP contribution in [-0.2, 0) is 6.54 Å². The molecule has 0 spiro atoms. The molecule has 0 unspecified atom stereocenters. The molecule has 1 saturated heterocycles. The molecule has 0 radical (unpaired) electrons. The molecule has 1 aliphatic rings. The Morgan fingerprint density at radius 1 is 1.28 bits per heavy atom. The molecule has 0 aliphatic carbocycles.